The van der Waals surface area contributed by atoms with Crippen molar-refractivity contribution in [2.24, 2.45) is 0 Å². The first-order chi connectivity index (χ1) is 16.7. The highest BCUT2D eigenvalue weighted by atomic mass is 35.5. The average molecular weight is 473 g/mol. The van der Waals surface area contributed by atoms with Gasteiger partial charge in [-0.1, -0.05) is 36.6 Å². The third-order valence-electron chi connectivity index (χ3n) is 6.92. The highest BCUT2D eigenvalue weighted by Gasteiger charge is 2.35. The zero-order valence-corrected chi connectivity index (χ0v) is 19.5. The monoisotopic (exact) mass is 472 g/mol. The van der Waals surface area contributed by atoms with Gasteiger partial charge in [-0.3, -0.25) is 14.5 Å². The predicted octanol–water partition coefficient (Wildman–Crippen LogP) is 4.90. The molecular weight excluding hydrogens is 448 g/mol. The Kier molecular flexibility index (Phi) is 5.49. The summed E-state index contributed by atoms with van der Waals surface area (Å²) in [6, 6.07) is 10.0. The second-order valence-electron chi connectivity index (χ2n) is 9.17. The summed E-state index contributed by atoms with van der Waals surface area (Å²) in [5.41, 5.74) is 4.43. The molecule has 2 aliphatic carbocycles. The second-order valence-corrected chi connectivity index (χ2v) is 9.61. The molecule has 1 fully saturated rings. The number of fused-ring (bicyclic) bond motifs is 2. The fourth-order valence-corrected chi connectivity index (χ4v) is 5.40. The van der Waals surface area contributed by atoms with Gasteiger partial charge in [0.25, 0.3) is 0 Å². The van der Waals surface area contributed by atoms with Crippen molar-refractivity contribution in [3.8, 4) is 0 Å². The van der Waals surface area contributed by atoms with Gasteiger partial charge in [0.15, 0.2) is 11.4 Å². The molecule has 8 heteroatoms. The maximum atomic E-state index is 13.2. The molecule has 2 aliphatic rings. The Morgan fingerprint density at radius 3 is 2.85 bits per heavy atom. The van der Waals surface area contributed by atoms with Gasteiger partial charge in [-0.05, 0) is 54.2 Å². The van der Waals surface area contributed by atoms with Gasteiger partial charge >= 0.3 is 0 Å². The van der Waals surface area contributed by atoms with Crippen LogP contribution in [0.1, 0.15) is 60.0 Å². The molecule has 6 rings (SSSR count). The third-order valence-corrected chi connectivity index (χ3v) is 7.16. The lowest BCUT2D eigenvalue weighted by Gasteiger charge is -2.13. The number of halogens is 1. The van der Waals surface area contributed by atoms with Crippen LogP contribution in [0.5, 0.6) is 0 Å². The van der Waals surface area contributed by atoms with E-state index in [2.05, 4.69) is 10.3 Å². The van der Waals surface area contributed by atoms with Crippen LogP contribution in [0.3, 0.4) is 0 Å². The van der Waals surface area contributed by atoms with Crippen LogP contribution in [0.15, 0.2) is 48.9 Å². The molecule has 34 heavy (non-hydrogen) atoms. The first kappa shape index (κ1) is 21.2. The average Bonchev–Trinajstić information content (AvgIpc) is 3.57. The van der Waals surface area contributed by atoms with Crippen LogP contribution < -0.4 is 5.32 Å². The molecule has 4 aromatic rings. The number of hydrogen-bond donors (Lipinski definition) is 1. The van der Waals surface area contributed by atoms with Gasteiger partial charge in [-0.25, -0.2) is 4.98 Å². The van der Waals surface area contributed by atoms with Crippen LogP contribution in [0.25, 0.3) is 11.0 Å². The summed E-state index contributed by atoms with van der Waals surface area (Å²) in [5, 5.41) is 9.64. The van der Waals surface area contributed by atoms with Crippen molar-refractivity contribution in [2.45, 2.75) is 50.5 Å². The normalized spacial score (nSPS) is 18.0. The minimum absolute atomic E-state index is 0.132. The van der Waals surface area contributed by atoms with E-state index in [4.69, 9.17) is 26.7 Å². The lowest BCUT2D eigenvalue weighted by Crippen LogP contribution is -2.14. The molecule has 0 radical (unpaired) electrons. The maximum absolute atomic E-state index is 13.2. The molecule has 0 saturated heterocycles. The van der Waals surface area contributed by atoms with Gasteiger partial charge in [-0.2, -0.15) is 10.1 Å². The maximum Gasteiger partial charge on any atom is 0.225 e. The van der Waals surface area contributed by atoms with Gasteiger partial charge in [0.05, 0.1) is 23.0 Å². The van der Waals surface area contributed by atoms with Gasteiger partial charge in [0.2, 0.25) is 5.95 Å². The molecule has 0 spiro atoms. The number of nitrogens with zero attached hydrogens (tertiary/aromatic N) is 5. The second kappa shape index (κ2) is 8.80. The van der Waals surface area contributed by atoms with Crippen molar-refractivity contribution in [1.29, 1.82) is 0 Å². The molecule has 1 unspecified atom stereocenters. The van der Waals surface area contributed by atoms with E-state index < -0.39 is 5.92 Å². The number of pyridine rings is 1. The number of carbonyl (C=O) groups excluding carboxylic acids is 1. The summed E-state index contributed by atoms with van der Waals surface area (Å²) >= 11 is 6.31. The number of ketones is 1. The van der Waals surface area contributed by atoms with Crippen molar-refractivity contribution >= 4 is 34.4 Å². The molecule has 0 amide bonds. The summed E-state index contributed by atoms with van der Waals surface area (Å²) in [5.74, 6) is 0.165. The van der Waals surface area contributed by atoms with Gasteiger partial charge in [0.1, 0.15) is 0 Å². The third kappa shape index (κ3) is 3.94. The SMILES string of the molecule is O=C1Cc2ccc(Cl)cc2C1c1nc(NCCc2cccnc2)nc2nn(C3CCCC3)cc12. The molecule has 1 saturated carbocycles. The minimum atomic E-state index is -0.459. The van der Waals surface area contributed by atoms with E-state index in [9.17, 15) is 4.79 Å². The summed E-state index contributed by atoms with van der Waals surface area (Å²) in [4.78, 5) is 27.0. The fourth-order valence-electron chi connectivity index (χ4n) is 5.22. The number of rotatable bonds is 6. The van der Waals surface area contributed by atoms with Crippen LogP contribution in [0.4, 0.5) is 5.95 Å². The Balaban J connectivity index is 1.40. The quantitative estimate of drug-likeness (QED) is 0.429. The molecule has 7 nitrogen and oxygen atoms in total. The first-order valence-corrected chi connectivity index (χ1v) is 12.2. The molecule has 0 bridgehead atoms. The Bertz CT molecular complexity index is 1360. The predicted molar refractivity (Wildman–Crippen MR) is 131 cm³/mol. The van der Waals surface area contributed by atoms with Crippen molar-refractivity contribution in [3.63, 3.8) is 0 Å². The summed E-state index contributed by atoms with van der Waals surface area (Å²) < 4.78 is 2.04. The fraction of sp³-hybridized carbons (Fsp3) is 0.346. The summed E-state index contributed by atoms with van der Waals surface area (Å²) in [7, 11) is 0. The molecule has 3 heterocycles. The Labute approximate surface area is 202 Å². The lowest BCUT2D eigenvalue weighted by molar-refractivity contribution is -0.118. The van der Waals surface area contributed by atoms with Crippen molar-refractivity contribution in [2.75, 3.05) is 11.9 Å². The van der Waals surface area contributed by atoms with E-state index in [1.54, 1.807) is 6.20 Å². The molecule has 1 N–H and O–H groups in total. The zero-order valence-electron chi connectivity index (χ0n) is 18.7. The topological polar surface area (TPSA) is 85.6 Å². The highest BCUT2D eigenvalue weighted by Crippen LogP contribution is 2.39. The van der Waals surface area contributed by atoms with Crippen LogP contribution in [0.2, 0.25) is 5.02 Å². The van der Waals surface area contributed by atoms with Gasteiger partial charge in [0, 0.05) is 36.6 Å². The first-order valence-electron chi connectivity index (χ1n) is 11.9. The Morgan fingerprint density at radius 2 is 2.03 bits per heavy atom. The van der Waals surface area contributed by atoms with Crippen LogP contribution in [0, 0.1) is 0 Å². The van der Waals surface area contributed by atoms with Crippen LogP contribution in [-0.2, 0) is 17.6 Å². The smallest absolute Gasteiger partial charge is 0.225 e. The molecule has 0 aliphatic heterocycles. The minimum Gasteiger partial charge on any atom is -0.354 e. The van der Waals surface area contributed by atoms with Crippen molar-refractivity contribution in [3.05, 3.63) is 76.3 Å². The largest absolute Gasteiger partial charge is 0.354 e. The van der Waals surface area contributed by atoms with Gasteiger partial charge < -0.3 is 5.32 Å². The van der Waals surface area contributed by atoms with E-state index in [0.29, 0.717) is 41.3 Å². The number of nitrogens with one attached hydrogen (secondary N) is 1. The summed E-state index contributed by atoms with van der Waals surface area (Å²) in [6.07, 6.45) is 11.5. The molecule has 1 atom stereocenters. The van der Waals surface area contributed by atoms with Gasteiger partial charge in [-0.15, -0.1) is 0 Å². The van der Waals surface area contributed by atoms with E-state index in [-0.39, 0.29) is 5.78 Å². The number of benzene rings is 1. The molecular formula is C26H25ClN6O. The van der Waals surface area contributed by atoms with Crippen molar-refractivity contribution in [1.82, 2.24) is 24.7 Å². The standard InChI is InChI=1S/C26H25ClN6O/c27-18-8-7-17-12-22(34)23(20(17)13-18)24-21-15-33(19-5-1-2-6-19)32-25(21)31-26(30-24)29-11-9-16-4-3-10-28-14-16/h3-4,7-8,10,13-15,19,23H,1-2,5-6,9,11-12H2,(H,29,31,32). The van der Waals surface area contributed by atoms with E-state index in [0.717, 1.165) is 41.3 Å². The number of hydrogen-bond acceptors (Lipinski definition) is 6. The number of aromatic nitrogens is 5. The van der Waals surface area contributed by atoms with E-state index in [1.807, 2.05) is 47.4 Å². The molecule has 1 aromatic carbocycles. The van der Waals surface area contributed by atoms with Crippen molar-refractivity contribution < 1.29 is 4.79 Å². The Hall–Kier alpha value is -3.32. The van der Waals surface area contributed by atoms with Crippen LogP contribution in [-0.4, -0.2) is 37.1 Å². The lowest BCUT2D eigenvalue weighted by atomic mass is 9.95. The van der Waals surface area contributed by atoms with Crippen LogP contribution >= 0.6 is 11.6 Å². The Morgan fingerprint density at radius 1 is 1.15 bits per heavy atom. The molecule has 172 valence electrons. The highest BCUT2D eigenvalue weighted by molar-refractivity contribution is 6.30. The summed E-state index contributed by atoms with van der Waals surface area (Å²) in [6.45, 7) is 0.654. The molecule has 3 aromatic heterocycles. The van der Waals surface area contributed by atoms with E-state index in [1.165, 1.54) is 12.8 Å². The number of anilines is 1. The zero-order chi connectivity index (χ0) is 23.1. The number of Topliss-reactive ketones (excluding diaryl/α,β-unsaturated/α-hetero) is 1. The van der Waals surface area contributed by atoms with E-state index >= 15 is 0 Å². The number of carbonyl (C=O) groups is 1.